The Bertz CT molecular complexity index is 848. The monoisotopic (exact) mass is 354 g/mol. The summed E-state index contributed by atoms with van der Waals surface area (Å²) >= 11 is 0. The van der Waals surface area contributed by atoms with Gasteiger partial charge in [0.1, 0.15) is 0 Å². The average molecular weight is 354 g/mol. The van der Waals surface area contributed by atoms with Gasteiger partial charge >= 0.3 is 0 Å². The summed E-state index contributed by atoms with van der Waals surface area (Å²) in [7, 11) is 0. The zero-order chi connectivity index (χ0) is 18.7. The van der Waals surface area contributed by atoms with E-state index in [4.69, 9.17) is 9.47 Å². The third-order valence-electron chi connectivity index (χ3n) is 4.32. The summed E-state index contributed by atoms with van der Waals surface area (Å²) in [4.78, 5) is 24.4. The molecule has 1 atom stereocenters. The number of carbonyl (C=O) groups is 2. The van der Waals surface area contributed by atoms with Crippen molar-refractivity contribution in [3.05, 3.63) is 58.7 Å². The molecule has 6 nitrogen and oxygen atoms in total. The van der Waals surface area contributed by atoms with Crippen molar-refractivity contribution < 1.29 is 19.1 Å². The lowest BCUT2D eigenvalue weighted by Gasteiger charge is -2.17. The van der Waals surface area contributed by atoms with Crippen LogP contribution in [0.15, 0.2) is 36.4 Å². The van der Waals surface area contributed by atoms with E-state index in [9.17, 15) is 9.59 Å². The molecule has 0 aromatic heterocycles. The first-order valence-electron chi connectivity index (χ1n) is 8.48. The molecule has 0 saturated heterocycles. The van der Waals surface area contributed by atoms with Gasteiger partial charge in [0.05, 0.1) is 12.6 Å². The van der Waals surface area contributed by atoms with Crippen LogP contribution in [0, 0.1) is 13.8 Å². The van der Waals surface area contributed by atoms with Gasteiger partial charge in [0, 0.05) is 5.56 Å². The Morgan fingerprint density at radius 2 is 1.85 bits per heavy atom. The summed E-state index contributed by atoms with van der Waals surface area (Å²) in [6, 6.07) is 10.9. The molecule has 0 bridgehead atoms. The molecule has 2 aromatic carbocycles. The largest absolute Gasteiger partial charge is 0.454 e. The number of rotatable bonds is 5. The van der Waals surface area contributed by atoms with Crippen LogP contribution in [0.4, 0.5) is 0 Å². The van der Waals surface area contributed by atoms with Crippen molar-refractivity contribution in [3.63, 3.8) is 0 Å². The summed E-state index contributed by atoms with van der Waals surface area (Å²) < 4.78 is 10.5. The summed E-state index contributed by atoms with van der Waals surface area (Å²) in [5.74, 6) is 0.567. The van der Waals surface area contributed by atoms with Gasteiger partial charge in [-0.1, -0.05) is 23.8 Å². The quantitative estimate of drug-likeness (QED) is 0.865. The van der Waals surface area contributed by atoms with Gasteiger partial charge in [0.25, 0.3) is 5.91 Å². The number of fused-ring (bicyclic) bond motifs is 1. The van der Waals surface area contributed by atoms with Crippen molar-refractivity contribution in [2.45, 2.75) is 26.8 Å². The average Bonchev–Trinajstić information content (AvgIpc) is 3.09. The number of benzene rings is 2. The predicted molar refractivity (Wildman–Crippen MR) is 97.4 cm³/mol. The van der Waals surface area contributed by atoms with Crippen molar-refractivity contribution in [3.8, 4) is 11.5 Å². The number of hydrogen-bond acceptors (Lipinski definition) is 4. The molecular formula is C20H22N2O4. The lowest BCUT2D eigenvalue weighted by Crippen LogP contribution is -2.38. The number of carbonyl (C=O) groups excluding carboxylic acids is 2. The van der Waals surface area contributed by atoms with Crippen LogP contribution in [-0.4, -0.2) is 25.2 Å². The Hall–Kier alpha value is -3.02. The summed E-state index contributed by atoms with van der Waals surface area (Å²) in [6.45, 7) is 6.02. The molecule has 6 heteroatoms. The molecule has 0 spiro atoms. The minimum Gasteiger partial charge on any atom is -0.454 e. The Labute approximate surface area is 152 Å². The molecule has 0 radical (unpaired) electrons. The molecule has 0 fully saturated rings. The summed E-state index contributed by atoms with van der Waals surface area (Å²) in [5, 5.41) is 5.54. The van der Waals surface area contributed by atoms with E-state index >= 15 is 0 Å². The molecule has 2 N–H and O–H groups in total. The predicted octanol–water partition coefficient (Wildman–Crippen LogP) is 2.64. The first-order chi connectivity index (χ1) is 12.4. The number of hydrogen-bond donors (Lipinski definition) is 2. The Balaban J connectivity index is 1.55. The second-order valence-corrected chi connectivity index (χ2v) is 6.40. The molecule has 1 unspecified atom stereocenters. The Morgan fingerprint density at radius 3 is 2.65 bits per heavy atom. The van der Waals surface area contributed by atoms with Crippen molar-refractivity contribution >= 4 is 11.8 Å². The van der Waals surface area contributed by atoms with E-state index in [1.807, 2.05) is 32.9 Å². The molecule has 136 valence electrons. The molecule has 1 aliphatic heterocycles. The van der Waals surface area contributed by atoms with Gasteiger partial charge in [-0.3, -0.25) is 9.59 Å². The molecule has 2 amide bonds. The van der Waals surface area contributed by atoms with Crippen LogP contribution in [0.5, 0.6) is 11.5 Å². The lowest BCUT2D eigenvalue weighted by molar-refractivity contribution is -0.120. The molecule has 1 aliphatic rings. The van der Waals surface area contributed by atoms with E-state index in [-0.39, 0.29) is 31.2 Å². The van der Waals surface area contributed by atoms with Crippen molar-refractivity contribution in [1.82, 2.24) is 10.6 Å². The summed E-state index contributed by atoms with van der Waals surface area (Å²) in [5.41, 5.74) is 3.75. The van der Waals surface area contributed by atoms with E-state index in [0.29, 0.717) is 17.1 Å². The topological polar surface area (TPSA) is 76.7 Å². The Kier molecular flexibility index (Phi) is 5.11. The van der Waals surface area contributed by atoms with Crippen molar-refractivity contribution in [1.29, 1.82) is 0 Å². The van der Waals surface area contributed by atoms with E-state index in [2.05, 4.69) is 16.7 Å². The highest BCUT2D eigenvalue weighted by Crippen LogP contribution is 2.32. The van der Waals surface area contributed by atoms with E-state index < -0.39 is 0 Å². The highest BCUT2D eigenvalue weighted by atomic mass is 16.7. The number of amides is 2. The number of aryl methyl sites for hydroxylation is 2. The molecule has 1 heterocycles. The van der Waals surface area contributed by atoms with Crippen LogP contribution in [-0.2, 0) is 4.79 Å². The van der Waals surface area contributed by atoms with Crippen LogP contribution in [0.3, 0.4) is 0 Å². The molecule has 0 aliphatic carbocycles. The first-order valence-corrected chi connectivity index (χ1v) is 8.48. The first kappa shape index (κ1) is 17.8. The van der Waals surface area contributed by atoms with Gasteiger partial charge in [0.15, 0.2) is 11.5 Å². The zero-order valence-corrected chi connectivity index (χ0v) is 15.1. The highest BCUT2D eigenvalue weighted by Gasteiger charge is 2.17. The third kappa shape index (κ3) is 3.96. The number of nitrogens with one attached hydrogen (secondary N) is 2. The second kappa shape index (κ2) is 7.47. The fraction of sp³-hybridized carbons (Fsp3) is 0.300. The van der Waals surface area contributed by atoms with Crippen molar-refractivity contribution in [2.75, 3.05) is 13.3 Å². The maximum atomic E-state index is 12.2. The Morgan fingerprint density at radius 1 is 1.08 bits per heavy atom. The molecule has 2 aromatic rings. The van der Waals surface area contributed by atoms with E-state index in [1.54, 1.807) is 18.2 Å². The normalized spacial score (nSPS) is 13.2. The second-order valence-electron chi connectivity index (χ2n) is 6.40. The maximum absolute atomic E-state index is 12.2. The maximum Gasteiger partial charge on any atom is 0.251 e. The number of ether oxygens (including phenoxy) is 2. The molecule has 26 heavy (non-hydrogen) atoms. The minimum atomic E-state index is -0.335. The van der Waals surface area contributed by atoms with Gasteiger partial charge in [-0.25, -0.2) is 0 Å². The zero-order valence-electron chi connectivity index (χ0n) is 15.1. The molecular weight excluding hydrogens is 332 g/mol. The van der Waals surface area contributed by atoms with E-state index in [0.717, 1.165) is 16.7 Å². The molecule has 0 saturated carbocycles. The third-order valence-corrected chi connectivity index (χ3v) is 4.32. The standard InChI is InChI=1S/C20H22N2O4/c1-12-4-5-13(2)16(8-12)14(3)22-19(23)10-21-20(24)15-6-7-17-18(9-15)26-11-25-17/h4-9,14H,10-11H2,1-3H3,(H,21,24)(H,22,23). The molecule has 3 rings (SSSR count). The van der Waals surface area contributed by atoms with Gasteiger partial charge in [0.2, 0.25) is 12.7 Å². The fourth-order valence-electron chi connectivity index (χ4n) is 2.90. The van der Waals surface area contributed by atoms with Gasteiger partial charge in [-0.15, -0.1) is 0 Å². The lowest BCUT2D eigenvalue weighted by atomic mass is 10.00. The smallest absolute Gasteiger partial charge is 0.251 e. The van der Waals surface area contributed by atoms with Gasteiger partial charge < -0.3 is 20.1 Å². The van der Waals surface area contributed by atoms with Crippen LogP contribution in [0.2, 0.25) is 0 Å². The minimum absolute atomic E-state index is 0.0948. The summed E-state index contributed by atoms with van der Waals surface area (Å²) in [6.07, 6.45) is 0. The SMILES string of the molecule is Cc1ccc(C)c(C(C)NC(=O)CNC(=O)c2ccc3c(c2)OCO3)c1. The van der Waals surface area contributed by atoms with Crippen LogP contribution >= 0.6 is 0 Å². The van der Waals surface area contributed by atoms with E-state index in [1.165, 1.54) is 0 Å². The van der Waals surface area contributed by atoms with Crippen LogP contribution in [0.1, 0.15) is 40.0 Å². The van der Waals surface area contributed by atoms with Crippen molar-refractivity contribution in [2.24, 2.45) is 0 Å². The van der Waals surface area contributed by atoms with Gasteiger partial charge in [-0.2, -0.15) is 0 Å². The van der Waals surface area contributed by atoms with Gasteiger partial charge in [-0.05, 0) is 50.1 Å². The van der Waals surface area contributed by atoms with Crippen LogP contribution < -0.4 is 20.1 Å². The highest BCUT2D eigenvalue weighted by molar-refractivity contribution is 5.97. The fourth-order valence-corrected chi connectivity index (χ4v) is 2.90. The van der Waals surface area contributed by atoms with Crippen LogP contribution in [0.25, 0.3) is 0 Å².